The third-order valence-corrected chi connectivity index (χ3v) is 6.26. The molecule has 38 heavy (non-hydrogen) atoms. The lowest BCUT2D eigenvalue weighted by Crippen LogP contribution is -2.18. The number of nitrogens with zero attached hydrogens (tertiary/aromatic N) is 2. The van der Waals surface area contributed by atoms with E-state index in [0.717, 1.165) is 29.3 Å². The third kappa shape index (κ3) is 5.62. The van der Waals surface area contributed by atoms with Crippen LogP contribution < -0.4 is 10.3 Å². The average molecular weight is 519 g/mol. The minimum absolute atomic E-state index is 0.0134. The molecule has 0 aliphatic heterocycles. The molecule has 3 aromatic carbocycles. The highest BCUT2D eigenvalue weighted by molar-refractivity contribution is 6.00. The van der Waals surface area contributed by atoms with Crippen LogP contribution in [0.25, 0.3) is 0 Å². The summed E-state index contributed by atoms with van der Waals surface area (Å²) in [4.78, 5) is 22.8. The van der Waals surface area contributed by atoms with Crippen molar-refractivity contribution in [1.29, 1.82) is 0 Å². The molecule has 1 aromatic heterocycles. The Morgan fingerprint density at radius 2 is 1.66 bits per heavy atom. The van der Waals surface area contributed by atoms with Crippen molar-refractivity contribution < 1.29 is 28.6 Å². The predicted molar refractivity (Wildman–Crippen MR) is 137 cm³/mol. The predicted octanol–water partition coefficient (Wildman–Crippen LogP) is 5.86. The Balaban J connectivity index is 1.70. The molecule has 2 N–H and O–H groups in total. The van der Waals surface area contributed by atoms with Crippen LogP contribution in [0.4, 0.5) is 8.78 Å². The Morgan fingerprint density at radius 1 is 0.974 bits per heavy atom. The Morgan fingerprint density at radius 3 is 2.26 bits per heavy atom. The fourth-order valence-electron chi connectivity index (χ4n) is 4.26. The van der Waals surface area contributed by atoms with E-state index in [4.69, 9.17) is 9.84 Å². The lowest BCUT2D eigenvalue weighted by molar-refractivity contribution is 0.0692. The number of aromatic nitrogens is 1. The van der Waals surface area contributed by atoms with Crippen LogP contribution in [0.3, 0.4) is 0 Å². The van der Waals surface area contributed by atoms with Gasteiger partial charge in [-0.3, -0.25) is 4.79 Å². The van der Waals surface area contributed by atoms with Gasteiger partial charge >= 0.3 is 5.97 Å². The normalized spacial score (nSPS) is 12.3. The number of halogens is 2. The first-order valence-corrected chi connectivity index (χ1v) is 11.6. The molecule has 0 bridgehead atoms. The minimum atomic E-state index is -1.41. The lowest BCUT2D eigenvalue weighted by Gasteiger charge is -2.22. The number of carbonyl (C=O) groups is 1. The summed E-state index contributed by atoms with van der Waals surface area (Å²) in [5, 5.41) is 22.3. The molecule has 0 amide bonds. The number of hydrogen-bond donors (Lipinski definition) is 2. The second-order valence-corrected chi connectivity index (χ2v) is 8.76. The maximum Gasteiger partial charge on any atom is 0.338 e. The second-order valence-electron chi connectivity index (χ2n) is 8.76. The highest BCUT2D eigenvalue weighted by atomic mass is 19.1. The van der Waals surface area contributed by atoms with Crippen LogP contribution in [0.2, 0.25) is 0 Å². The monoisotopic (exact) mass is 518 g/mol. The molecule has 1 unspecified atom stereocenters. The van der Waals surface area contributed by atoms with E-state index in [0.29, 0.717) is 11.1 Å². The minimum Gasteiger partial charge on any atom is -0.478 e. The molecule has 1 heterocycles. The van der Waals surface area contributed by atoms with Crippen molar-refractivity contribution in [2.24, 2.45) is 12.2 Å². The number of pyridine rings is 1. The van der Waals surface area contributed by atoms with Gasteiger partial charge < -0.3 is 19.6 Å². The zero-order valence-electron chi connectivity index (χ0n) is 20.6. The van der Waals surface area contributed by atoms with Gasteiger partial charge in [-0.2, -0.15) is 0 Å². The number of ether oxygens (including phenoxy) is 1. The van der Waals surface area contributed by atoms with Crippen molar-refractivity contribution in [2.45, 2.75) is 19.3 Å². The number of rotatable bonds is 8. The summed E-state index contributed by atoms with van der Waals surface area (Å²) in [6.07, 6.45) is 1.67. The van der Waals surface area contributed by atoms with E-state index >= 15 is 4.39 Å². The van der Waals surface area contributed by atoms with E-state index in [-0.39, 0.29) is 29.2 Å². The van der Waals surface area contributed by atoms with Gasteiger partial charge in [0, 0.05) is 49.3 Å². The largest absolute Gasteiger partial charge is 0.478 e. The molecule has 4 rings (SSSR count). The van der Waals surface area contributed by atoms with Crippen LogP contribution in [-0.2, 0) is 7.05 Å². The molecule has 1 atom stereocenters. The van der Waals surface area contributed by atoms with Crippen molar-refractivity contribution in [3.05, 3.63) is 129 Å². The van der Waals surface area contributed by atoms with Gasteiger partial charge in [0.15, 0.2) is 0 Å². The Kier molecular flexibility index (Phi) is 7.66. The Labute approximate surface area is 216 Å². The van der Waals surface area contributed by atoms with Crippen LogP contribution in [0.15, 0.2) is 88.9 Å². The van der Waals surface area contributed by atoms with Crippen molar-refractivity contribution >= 4 is 11.7 Å². The fraction of sp³-hybridized carbons (Fsp3) is 0.138. The molecule has 0 saturated heterocycles. The van der Waals surface area contributed by atoms with Crippen molar-refractivity contribution in [3.63, 3.8) is 0 Å². The van der Waals surface area contributed by atoms with Crippen molar-refractivity contribution in [1.82, 2.24) is 4.57 Å². The van der Waals surface area contributed by atoms with Crippen LogP contribution in [-0.4, -0.2) is 26.6 Å². The zero-order valence-corrected chi connectivity index (χ0v) is 20.6. The van der Waals surface area contributed by atoms with Crippen LogP contribution in [0, 0.1) is 18.6 Å². The van der Waals surface area contributed by atoms with E-state index in [1.54, 1.807) is 25.4 Å². The molecule has 4 aromatic rings. The molecule has 0 fully saturated rings. The zero-order chi connectivity index (χ0) is 27.4. The quantitative estimate of drug-likeness (QED) is 0.173. The number of aromatic carboxylic acids is 1. The number of oxime groups is 1. The van der Waals surface area contributed by atoms with Crippen molar-refractivity contribution in [3.8, 4) is 11.5 Å². The van der Waals surface area contributed by atoms with Gasteiger partial charge in [-0.15, -0.1) is 0 Å². The summed E-state index contributed by atoms with van der Waals surface area (Å²) < 4.78 is 36.5. The smallest absolute Gasteiger partial charge is 0.338 e. The van der Waals surface area contributed by atoms with Gasteiger partial charge in [-0.1, -0.05) is 35.5 Å². The van der Waals surface area contributed by atoms with Crippen LogP contribution >= 0.6 is 0 Å². The highest BCUT2D eigenvalue weighted by Crippen LogP contribution is 2.35. The van der Waals surface area contributed by atoms with E-state index < -0.39 is 29.1 Å². The van der Waals surface area contributed by atoms with Crippen LogP contribution in [0.1, 0.15) is 45.0 Å². The van der Waals surface area contributed by atoms with Gasteiger partial charge in [-0.05, 0) is 47.9 Å². The molecule has 0 aliphatic rings. The molecule has 0 aliphatic carbocycles. The first kappa shape index (κ1) is 26.3. The molecular weight excluding hydrogens is 494 g/mol. The van der Waals surface area contributed by atoms with E-state index in [9.17, 15) is 19.2 Å². The summed E-state index contributed by atoms with van der Waals surface area (Å²) in [6.45, 7) is 1.90. The average Bonchev–Trinajstić information content (AvgIpc) is 2.88. The van der Waals surface area contributed by atoms with Gasteiger partial charge in [0.2, 0.25) is 5.56 Å². The lowest BCUT2D eigenvalue weighted by atomic mass is 9.83. The second kappa shape index (κ2) is 11.1. The van der Waals surface area contributed by atoms with Gasteiger partial charge in [0.1, 0.15) is 23.1 Å². The van der Waals surface area contributed by atoms with Gasteiger partial charge in [0.25, 0.3) is 0 Å². The Bertz CT molecular complexity index is 1600. The van der Waals surface area contributed by atoms with Crippen LogP contribution in [0.5, 0.6) is 11.5 Å². The summed E-state index contributed by atoms with van der Waals surface area (Å²) in [6, 6.07) is 17.9. The topological polar surface area (TPSA) is 101 Å². The number of carboxylic acids is 1. The SMILES string of the molecule is Cc1ccccc1C(CC(=NO)c1ccc(=O)n(C)c1)c1ccc(Oc2ccc(C(=O)O)c(F)c2)cc1F. The van der Waals surface area contributed by atoms with E-state index in [1.165, 1.54) is 22.8 Å². The van der Waals surface area contributed by atoms with E-state index in [2.05, 4.69) is 5.16 Å². The number of benzene rings is 3. The molecule has 0 saturated carbocycles. The summed E-state index contributed by atoms with van der Waals surface area (Å²) in [7, 11) is 1.58. The molecular formula is C29H24F2N2O5. The maximum absolute atomic E-state index is 15.6. The van der Waals surface area contributed by atoms with Gasteiger partial charge in [0.05, 0.1) is 11.3 Å². The fourth-order valence-corrected chi connectivity index (χ4v) is 4.26. The molecule has 0 radical (unpaired) electrons. The number of aryl methyl sites for hydroxylation is 2. The Hall–Kier alpha value is -4.79. The third-order valence-electron chi connectivity index (χ3n) is 6.26. The van der Waals surface area contributed by atoms with E-state index in [1.807, 2.05) is 31.2 Å². The number of carboxylic acid groups (broad SMARTS) is 1. The van der Waals surface area contributed by atoms with Crippen molar-refractivity contribution in [2.75, 3.05) is 0 Å². The summed E-state index contributed by atoms with van der Waals surface area (Å²) in [5.41, 5.74) is 2.09. The molecule has 9 heteroatoms. The molecule has 0 spiro atoms. The summed E-state index contributed by atoms with van der Waals surface area (Å²) >= 11 is 0. The highest BCUT2D eigenvalue weighted by Gasteiger charge is 2.24. The molecule has 7 nitrogen and oxygen atoms in total. The first-order chi connectivity index (χ1) is 18.2. The summed E-state index contributed by atoms with van der Waals surface area (Å²) in [5.74, 6) is -3.43. The standard InChI is InChI=1S/C29H24F2N2O5/c1-17-5-3-4-6-21(17)24(15-27(32-37)18-7-12-28(34)33(2)16-18)22-10-8-19(13-25(22)30)38-20-9-11-23(29(35)36)26(31)14-20/h3-14,16,24,37H,15H2,1-2H3,(H,35,36). The van der Waals surface area contributed by atoms with Gasteiger partial charge in [-0.25, -0.2) is 13.6 Å². The maximum atomic E-state index is 15.6. The molecule has 194 valence electrons. The number of hydrogen-bond acceptors (Lipinski definition) is 5. The first-order valence-electron chi connectivity index (χ1n) is 11.6.